The number of hydrogen-bond acceptors (Lipinski definition) is 4. The van der Waals surface area contributed by atoms with Gasteiger partial charge in [-0.05, 0) is 48.7 Å². The zero-order valence-electron chi connectivity index (χ0n) is 15.5. The number of amides is 1. The van der Waals surface area contributed by atoms with Gasteiger partial charge in [-0.3, -0.25) is 9.89 Å². The smallest absolute Gasteiger partial charge is 0.475 e. The van der Waals surface area contributed by atoms with Gasteiger partial charge in [0.1, 0.15) is 11.5 Å². The molecule has 0 radical (unpaired) electrons. The quantitative estimate of drug-likeness (QED) is 0.666. The van der Waals surface area contributed by atoms with E-state index in [1.807, 2.05) is 0 Å². The highest BCUT2D eigenvalue weighted by Crippen LogP contribution is 2.29. The average Bonchev–Trinajstić information content (AvgIpc) is 3.29. The standard InChI is InChI=1S/C16H19FN4O.C2HF3O2/c1-16(9-18)6-7-21(10-16)15(22)14-8-13(19-20-14)11-2-4-12(17)5-3-11;3-2(4,5)1(6)7/h2-5,8H,6-7,9-10,18H2,1H3,(H,19,20);(H,6,7). The number of nitrogens with one attached hydrogen (secondary N) is 1. The molecule has 1 aliphatic heterocycles. The lowest BCUT2D eigenvalue weighted by molar-refractivity contribution is -0.192. The Morgan fingerprint density at radius 3 is 2.38 bits per heavy atom. The summed E-state index contributed by atoms with van der Waals surface area (Å²) in [5, 5.41) is 14.0. The molecule has 1 amide bonds. The minimum absolute atomic E-state index is 0.00450. The molecule has 1 fully saturated rings. The summed E-state index contributed by atoms with van der Waals surface area (Å²) < 4.78 is 44.7. The minimum Gasteiger partial charge on any atom is -0.475 e. The molecule has 11 heteroatoms. The molecule has 7 nitrogen and oxygen atoms in total. The first-order valence-electron chi connectivity index (χ1n) is 8.56. The molecule has 2 aromatic rings. The Hall–Kier alpha value is -2.95. The molecule has 0 aliphatic carbocycles. The third kappa shape index (κ3) is 5.76. The topological polar surface area (TPSA) is 112 Å². The molecule has 1 saturated heterocycles. The summed E-state index contributed by atoms with van der Waals surface area (Å²) in [6.07, 6.45) is -4.17. The Morgan fingerprint density at radius 1 is 1.31 bits per heavy atom. The van der Waals surface area contributed by atoms with Crippen LogP contribution in [0, 0.1) is 11.2 Å². The molecule has 1 atom stereocenters. The van der Waals surface area contributed by atoms with E-state index in [0.29, 0.717) is 31.0 Å². The normalized spacial score (nSPS) is 18.9. The maximum atomic E-state index is 12.9. The van der Waals surface area contributed by atoms with Crippen molar-refractivity contribution in [2.24, 2.45) is 11.1 Å². The van der Waals surface area contributed by atoms with E-state index < -0.39 is 12.1 Å². The summed E-state index contributed by atoms with van der Waals surface area (Å²) in [6.45, 7) is 4.03. The van der Waals surface area contributed by atoms with Crippen molar-refractivity contribution >= 4 is 11.9 Å². The number of carboxylic acid groups (broad SMARTS) is 1. The molecular formula is C18H20F4N4O3. The van der Waals surface area contributed by atoms with Gasteiger partial charge < -0.3 is 15.7 Å². The average molecular weight is 416 g/mol. The predicted octanol–water partition coefficient (Wildman–Crippen LogP) is 2.66. The second kappa shape index (κ2) is 8.60. The van der Waals surface area contributed by atoms with Gasteiger partial charge in [0.25, 0.3) is 5.91 Å². The fraction of sp³-hybridized carbons (Fsp3) is 0.389. The zero-order chi connectivity index (χ0) is 21.8. The van der Waals surface area contributed by atoms with Crippen molar-refractivity contribution in [3.8, 4) is 11.3 Å². The van der Waals surface area contributed by atoms with E-state index in [0.717, 1.165) is 12.0 Å². The minimum atomic E-state index is -5.08. The Balaban J connectivity index is 0.000000370. The highest BCUT2D eigenvalue weighted by atomic mass is 19.4. The van der Waals surface area contributed by atoms with Gasteiger partial charge in [0, 0.05) is 18.7 Å². The van der Waals surface area contributed by atoms with Gasteiger partial charge in [0.2, 0.25) is 0 Å². The molecule has 1 aromatic carbocycles. The number of alkyl halides is 3. The predicted molar refractivity (Wildman–Crippen MR) is 95.4 cm³/mol. The molecule has 29 heavy (non-hydrogen) atoms. The van der Waals surface area contributed by atoms with Crippen LogP contribution in [0.4, 0.5) is 17.6 Å². The number of halogens is 4. The molecule has 4 N–H and O–H groups in total. The van der Waals surface area contributed by atoms with Gasteiger partial charge in [0.05, 0.1) is 5.69 Å². The van der Waals surface area contributed by atoms with Crippen LogP contribution in [-0.2, 0) is 4.79 Å². The Kier molecular flexibility index (Phi) is 6.62. The second-order valence-electron chi connectivity index (χ2n) is 6.97. The fourth-order valence-corrected chi connectivity index (χ4v) is 2.73. The van der Waals surface area contributed by atoms with Crippen LogP contribution in [0.25, 0.3) is 11.3 Å². The molecule has 1 aromatic heterocycles. The van der Waals surface area contributed by atoms with Gasteiger partial charge in [-0.1, -0.05) is 6.92 Å². The van der Waals surface area contributed by atoms with Crippen LogP contribution < -0.4 is 5.73 Å². The van der Waals surface area contributed by atoms with E-state index in [2.05, 4.69) is 17.1 Å². The summed E-state index contributed by atoms with van der Waals surface area (Å²) >= 11 is 0. The van der Waals surface area contributed by atoms with Gasteiger partial charge in [-0.2, -0.15) is 18.3 Å². The molecular weight excluding hydrogens is 396 g/mol. The first kappa shape index (κ1) is 22.3. The van der Waals surface area contributed by atoms with Crippen molar-refractivity contribution in [3.63, 3.8) is 0 Å². The van der Waals surface area contributed by atoms with Crippen LogP contribution >= 0.6 is 0 Å². The van der Waals surface area contributed by atoms with Gasteiger partial charge in [0.15, 0.2) is 0 Å². The molecule has 3 rings (SSSR count). The van der Waals surface area contributed by atoms with E-state index in [9.17, 15) is 22.4 Å². The number of H-pyrrole nitrogens is 1. The van der Waals surface area contributed by atoms with E-state index in [4.69, 9.17) is 15.6 Å². The van der Waals surface area contributed by atoms with E-state index in [-0.39, 0.29) is 17.1 Å². The first-order valence-corrected chi connectivity index (χ1v) is 8.56. The number of aromatic amines is 1. The van der Waals surface area contributed by atoms with Crippen LogP contribution in [-0.4, -0.2) is 57.9 Å². The number of nitrogens with zero attached hydrogens (tertiary/aromatic N) is 2. The summed E-state index contributed by atoms with van der Waals surface area (Å²) in [5.74, 6) is -3.13. The number of carbonyl (C=O) groups excluding carboxylic acids is 1. The Bertz CT molecular complexity index is 867. The number of nitrogens with two attached hydrogens (primary N) is 1. The number of benzene rings is 1. The number of likely N-dealkylation sites (tertiary alicyclic amines) is 1. The van der Waals surface area contributed by atoms with Crippen molar-refractivity contribution < 1.29 is 32.3 Å². The van der Waals surface area contributed by atoms with E-state index in [1.54, 1.807) is 23.1 Å². The lowest BCUT2D eigenvalue weighted by Crippen LogP contribution is -2.34. The van der Waals surface area contributed by atoms with Gasteiger partial charge >= 0.3 is 12.1 Å². The second-order valence-corrected chi connectivity index (χ2v) is 6.97. The Labute approximate surface area is 163 Å². The zero-order valence-corrected chi connectivity index (χ0v) is 15.5. The van der Waals surface area contributed by atoms with E-state index in [1.165, 1.54) is 12.1 Å². The molecule has 1 unspecified atom stereocenters. The summed E-state index contributed by atoms with van der Waals surface area (Å²) in [5.41, 5.74) is 7.61. The van der Waals surface area contributed by atoms with Gasteiger partial charge in [-0.25, -0.2) is 9.18 Å². The first-order chi connectivity index (χ1) is 13.4. The molecule has 2 heterocycles. The van der Waals surface area contributed by atoms with Crippen LogP contribution in [0.1, 0.15) is 23.8 Å². The van der Waals surface area contributed by atoms with Crippen LogP contribution in [0.3, 0.4) is 0 Å². The largest absolute Gasteiger partial charge is 0.490 e. The van der Waals surface area contributed by atoms with Crippen LogP contribution in [0.15, 0.2) is 30.3 Å². The number of aromatic nitrogens is 2. The maximum Gasteiger partial charge on any atom is 0.490 e. The molecule has 1 aliphatic rings. The monoisotopic (exact) mass is 416 g/mol. The maximum absolute atomic E-state index is 12.9. The van der Waals surface area contributed by atoms with E-state index >= 15 is 0 Å². The van der Waals surface area contributed by atoms with Crippen molar-refractivity contribution in [2.75, 3.05) is 19.6 Å². The van der Waals surface area contributed by atoms with Crippen molar-refractivity contribution in [1.82, 2.24) is 15.1 Å². The molecule has 158 valence electrons. The summed E-state index contributed by atoms with van der Waals surface area (Å²) in [4.78, 5) is 23.2. The van der Waals surface area contributed by atoms with Crippen LogP contribution in [0.5, 0.6) is 0 Å². The number of carboxylic acids is 1. The summed E-state index contributed by atoms with van der Waals surface area (Å²) in [7, 11) is 0. The van der Waals surface area contributed by atoms with Gasteiger partial charge in [-0.15, -0.1) is 0 Å². The number of carbonyl (C=O) groups is 2. The number of hydrogen-bond donors (Lipinski definition) is 3. The molecule has 0 saturated carbocycles. The highest BCUT2D eigenvalue weighted by molar-refractivity contribution is 5.93. The number of aliphatic carboxylic acids is 1. The third-order valence-corrected chi connectivity index (χ3v) is 4.53. The molecule has 0 spiro atoms. The lowest BCUT2D eigenvalue weighted by atomic mass is 9.90. The lowest BCUT2D eigenvalue weighted by Gasteiger charge is -2.22. The fourth-order valence-electron chi connectivity index (χ4n) is 2.73. The third-order valence-electron chi connectivity index (χ3n) is 4.53. The highest BCUT2D eigenvalue weighted by Gasteiger charge is 2.38. The van der Waals surface area contributed by atoms with Crippen LogP contribution in [0.2, 0.25) is 0 Å². The summed E-state index contributed by atoms with van der Waals surface area (Å²) in [6, 6.07) is 7.73. The van der Waals surface area contributed by atoms with Crippen molar-refractivity contribution in [3.05, 3.63) is 41.8 Å². The number of rotatable bonds is 3. The Morgan fingerprint density at radius 2 is 1.90 bits per heavy atom. The molecule has 0 bridgehead atoms. The van der Waals surface area contributed by atoms with Crippen molar-refractivity contribution in [2.45, 2.75) is 19.5 Å². The van der Waals surface area contributed by atoms with Crippen molar-refractivity contribution in [1.29, 1.82) is 0 Å². The SMILES string of the molecule is CC1(CN)CCN(C(=O)c2cc(-c3ccc(F)cc3)n[nH]2)C1.O=C(O)C(F)(F)F.